The van der Waals surface area contributed by atoms with Crippen LogP contribution < -0.4 is 11.1 Å². The zero-order valence-corrected chi connectivity index (χ0v) is 9.80. The van der Waals surface area contributed by atoms with Gasteiger partial charge in [0, 0.05) is 24.2 Å². The predicted molar refractivity (Wildman–Crippen MR) is 60.5 cm³/mol. The van der Waals surface area contributed by atoms with Crippen molar-refractivity contribution in [1.82, 2.24) is 10.3 Å². The quantitative estimate of drug-likeness (QED) is 0.859. The maximum Gasteiger partial charge on any atom is 0.389 e. The molecule has 0 aliphatic carbocycles. The van der Waals surface area contributed by atoms with Gasteiger partial charge < -0.3 is 11.1 Å². The molecule has 3 N–H and O–H groups in total. The molecule has 0 amide bonds. The lowest BCUT2D eigenvalue weighted by molar-refractivity contribution is -0.136. The second-order valence-corrected chi connectivity index (χ2v) is 3.92. The number of nitrogens with two attached hydrogens (primary N) is 1. The van der Waals surface area contributed by atoms with Crippen LogP contribution >= 0.6 is 0 Å². The van der Waals surface area contributed by atoms with Crippen molar-refractivity contribution in [1.29, 1.82) is 0 Å². The lowest BCUT2D eigenvalue weighted by atomic mass is 9.98. The van der Waals surface area contributed by atoms with Gasteiger partial charge in [-0.1, -0.05) is 0 Å². The molecule has 17 heavy (non-hydrogen) atoms. The summed E-state index contributed by atoms with van der Waals surface area (Å²) in [5.41, 5.74) is 7.20. The summed E-state index contributed by atoms with van der Waals surface area (Å²) in [6.45, 7) is 1.81. The van der Waals surface area contributed by atoms with Gasteiger partial charge in [-0.3, -0.25) is 0 Å². The summed E-state index contributed by atoms with van der Waals surface area (Å²) in [7, 11) is 1.62. The number of alkyl halides is 3. The van der Waals surface area contributed by atoms with Crippen molar-refractivity contribution in [3.05, 3.63) is 23.4 Å². The van der Waals surface area contributed by atoms with E-state index >= 15 is 0 Å². The maximum absolute atomic E-state index is 12.2. The topological polar surface area (TPSA) is 50.9 Å². The fourth-order valence-electron chi connectivity index (χ4n) is 1.79. The number of rotatable bonds is 4. The molecule has 0 aliphatic rings. The Labute approximate surface area is 98.2 Å². The third-order valence-corrected chi connectivity index (χ3v) is 2.65. The van der Waals surface area contributed by atoms with E-state index in [-0.39, 0.29) is 12.2 Å². The number of nitrogens with one attached hydrogen (secondary N) is 1. The van der Waals surface area contributed by atoms with Crippen molar-refractivity contribution >= 4 is 5.82 Å². The normalized spacial score (nSPS) is 13.7. The van der Waals surface area contributed by atoms with Crippen LogP contribution in [0.5, 0.6) is 0 Å². The fourth-order valence-corrected chi connectivity index (χ4v) is 1.79. The van der Waals surface area contributed by atoms with Crippen LogP contribution in [0.2, 0.25) is 0 Å². The molecule has 1 aromatic rings. The number of aromatic nitrogens is 1. The van der Waals surface area contributed by atoms with Crippen LogP contribution in [0.4, 0.5) is 19.0 Å². The van der Waals surface area contributed by atoms with Crippen molar-refractivity contribution in [3.63, 3.8) is 0 Å². The van der Waals surface area contributed by atoms with E-state index in [1.54, 1.807) is 19.3 Å². The Hall–Kier alpha value is -1.30. The number of nitrogen functional groups attached to an aromatic ring is 1. The lowest BCUT2D eigenvalue weighted by Gasteiger charge is -2.20. The zero-order valence-electron chi connectivity index (χ0n) is 9.80. The van der Waals surface area contributed by atoms with Crippen molar-refractivity contribution in [3.8, 4) is 0 Å². The Kier molecular flexibility index (Phi) is 4.34. The molecule has 0 aromatic carbocycles. The van der Waals surface area contributed by atoms with Crippen LogP contribution in [0, 0.1) is 6.92 Å². The van der Waals surface area contributed by atoms with Gasteiger partial charge >= 0.3 is 6.18 Å². The molecule has 1 rings (SSSR count). The fraction of sp³-hybridized carbons (Fsp3) is 0.545. The first-order chi connectivity index (χ1) is 7.85. The summed E-state index contributed by atoms with van der Waals surface area (Å²) in [5.74, 6) is 0.284. The first kappa shape index (κ1) is 13.8. The molecule has 6 heteroatoms. The molecule has 0 bridgehead atoms. The summed E-state index contributed by atoms with van der Waals surface area (Å²) in [4.78, 5) is 3.91. The molecule has 0 spiro atoms. The van der Waals surface area contributed by atoms with Gasteiger partial charge in [-0.05, 0) is 32.0 Å². The molecule has 1 unspecified atom stereocenters. The molecule has 0 radical (unpaired) electrons. The Morgan fingerprint density at radius 2 is 2.12 bits per heavy atom. The van der Waals surface area contributed by atoms with Crippen LogP contribution in [0.15, 0.2) is 12.3 Å². The van der Waals surface area contributed by atoms with E-state index in [4.69, 9.17) is 5.73 Å². The smallest absolute Gasteiger partial charge is 0.383 e. The number of pyridine rings is 1. The van der Waals surface area contributed by atoms with Crippen molar-refractivity contribution < 1.29 is 13.2 Å². The number of halogens is 3. The summed E-state index contributed by atoms with van der Waals surface area (Å²) in [6.07, 6.45) is -3.49. The molecule has 3 nitrogen and oxygen atoms in total. The Bertz CT molecular complexity index is 356. The molecule has 1 aromatic heterocycles. The third-order valence-electron chi connectivity index (χ3n) is 2.65. The summed E-state index contributed by atoms with van der Waals surface area (Å²) in [5, 5.41) is 2.85. The molecule has 0 saturated carbocycles. The summed E-state index contributed by atoms with van der Waals surface area (Å²) >= 11 is 0. The van der Waals surface area contributed by atoms with E-state index in [0.717, 1.165) is 5.56 Å². The van der Waals surface area contributed by atoms with Gasteiger partial charge in [-0.15, -0.1) is 0 Å². The minimum Gasteiger partial charge on any atom is -0.383 e. The van der Waals surface area contributed by atoms with E-state index in [0.29, 0.717) is 5.56 Å². The minimum absolute atomic E-state index is 0.0449. The average Bonchev–Trinajstić information content (AvgIpc) is 2.21. The monoisotopic (exact) mass is 247 g/mol. The van der Waals surface area contributed by atoms with E-state index in [1.807, 2.05) is 6.92 Å². The SMILES string of the molecule is CNC(CCC(F)(F)F)c1c(C)ccnc1N. The summed E-state index contributed by atoms with van der Waals surface area (Å²) in [6, 6.07) is 1.31. The number of nitrogens with zero attached hydrogens (tertiary/aromatic N) is 1. The van der Waals surface area contributed by atoms with E-state index < -0.39 is 18.6 Å². The largest absolute Gasteiger partial charge is 0.389 e. The highest BCUT2D eigenvalue weighted by Gasteiger charge is 2.29. The first-order valence-electron chi connectivity index (χ1n) is 5.30. The van der Waals surface area contributed by atoms with E-state index in [9.17, 15) is 13.2 Å². The van der Waals surface area contributed by atoms with Crippen molar-refractivity contribution in [2.24, 2.45) is 0 Å². The number of hydrogen-bond donors (Lipinski definition) is 2. The van der Waals surface area contributed by atoms with Gasteiger partial charge in [-0.2, -0.15) is 13.2 Å². The number of hydrogen-bond acceptors (Lipinski definition) is 3. The molecule has 0 fully saturated rings. The minimum atomic E-state index is -4.15. The molecular formula is C11H16F3N3. The van der Waals surface area contributed by atoms with Crippen LogP contribution in [0.1, 0.15) is 30.0 Å². The van der Waals surface area contributed by atoms with Crippen LogP contribution in [0.3, 0.4) is 0 Å². The van der Waals surface area contributed by atoms with Gasteiger partial charge in [0.25, 0.3) is 0 Å². The second kappa shape index (κ2) is 5.35. The number of anilines is 1. The van der Waals surface area contributed by atoms with Crippen LogP contribution in [-0.2, 0) is 0 Å². The molecule has 1 atom stereocenters. The average molecular weight is 247 g/mol. The van der Waals surface area contributed by atoms with Crippen molar-refractivity contribution in [2.75, 3.05) is 12.8 Å². The number of aryl methyl sites for hydroxylation is 1. The van der Waals surface area contributed by atoms with Gasteiger partial charge in [0.05, 0.1) is 0 Å². The van der Waals surface area contributed by atoms with Gasteiger partial charge in [0.1, 0.15) is 5.82 Å². The standard InChI is InChI=1S/C11H16F3N3/c1-7-4-6-17-10(15)9(7)8(16-2)3-5-11(12,13)14/h4,6,8,16H,3,5H2,1-2H3,(H2,15,17). The molecule has 0 saturated heterocycles. The Morgan fingerprint density at radius 3 is 2.59 bits per heavy atom. The maximum atomic E-state index is 12.2. The lowest BCUT2D eigenvalue weighted by Crippen LogP contribution is -2.22. The predicted octanol–water partition coefficient (Wildman–Crippen LogP) is 2.58. The summed E-state index contributed by atoms with van der Waals surface area (Å²) < 4.78 is 36.6. The Balaban J connectivity index is 2.87. The molecule has 0 aliphatic heterocycles. The molecule has 1 heterocycles. The van der Waals surface area contributed by atoms with Gasteiger partial charge in [0.2, 0.25) is 0 Å². The van der Waals surface area contributed by atoms with Gasteiger partial charge in [0.15, 0.2) is 0 Å². The first-order valence-corrected chi connectivity index (χ1v) is 5.30. The van der Waals surface area contributed by atoms with Crippen LogP contribution in [-0.4, -0.2) is 18.2 Å². The zero-order chi connectivity index (χ0) is 13.1. The van der Waals surface area contributed by atoms with E-state index in [1.165, 1.54) is 0 Å². The highest BCUT2D eigenvalue weighted by Crippen LogP contribution is 2.30. The highest BCUT2D eigenvalue weighted by atomic mass is 19.4. The Morgan fingerprint density at radius 1 is 1.47 bits per heavy atom. The third kappa shape index (κ3) is 3.89. The van der Waals surface area contributed by atoms with Gasteiger partial charge in [-0.25, -0.2) is 4.98 Å². The van der Waals surface area contributed by atoms with E-state index in [2.05, 4.69) is 10.3 Å². The molecular weight excluding hydrogens is 231 g/mol. The van der Waals surface area contributed by atoms with Crippen molar-refractivity contribution in [2.45, 2.75) is 32.0 Å². The highest BCUT2D eigenvalue weighted by molar-refractivity contribution is 5.46. The van der Waals surface area contributed by atoms with Crippen LogP contribution in [0.25, 0.3) is 0 Å². The molecule has 96 valence electrons. The second-order valence-electron chi connectivity index (χ2n) is 3.92.